The molecule has 0 saturated heterocycles. The number of aryl methyl sites for hydroxylation is 2. The Morgan fingerprint density at radius 3 is 2.62 bits per heavy atom. The normalized spacial score (nSPS) is 11.8. The third-order valence-corrected chi connectivity index (χ3v) is 6.04. The number of fused-ring (bicyclic) bond motifs is 1. The Hall–Kier alpha value is -2.38. The van der Waals surface area contributed by atoms with E-state index in [-0.39, 0.29) is 17.3 Å². The fourth-order valence-corrected chi connectivity index (χ4v) is 4.37. The van der Waals surface area contributed by atoms with E-state index in [9.17, 15) is 12.8 Å². The van der Waals surface area contributed by atoms with Crippen molar-refractivity contribution < 1.29 is 17.5 Å². The maximum Gasteiger partial charge on any atom is 0.240 e. The molecule has 3 rings (SSSR count). The van der Waals surface area contributed by atoms with Crippen LogP contribution in [0.2, 0.25) is 0 Å². The average molecular weight is 376 g/mol. The lowest BCUT2D eigenvalue weighted by atomic mass is 10.1. The van der Waals surface area contributed by atoms with E-state index < -0.39 is 10.0 Å². The molecule has 0 atom stereocenters. The Bertz CT molecular complexity index is 1060. The molecule has 5 nitrogen and oxygen atoms in total. The number of halogens is 1. The maximum atomic E-state index is 13.5. The summed E-state index contributed by atoms with van der Waals surface area (Å²) in [6.45, 7) is 3.84. The minimum Gasteiger partial charge on any atom is -0.497 e. The number of nitrogens with one attached hydrogen (secondary N) is 2. The van der Waals surface area contributed by atoms with Crippen molar-refractivity contribution in [3.8, 4) is 5.75 Å². The highest BCUT2D eigenvalue weighted by atomic mass is 32.2. The second kappa shape index (κ2) is 7.09. The summed E-state index contributed by atoms with van der Waals surface area (Å²) in [4.78, 5) is 3.42. The molecular formula is C19H21FN2O3S. The smallest absolute Gasteiger partial charge is 0.240 e. The number of H-pyrrole nitrogens is 1. The Labute approximate surface area is 152 Å². The summed E-state index contributed by atoms with van der Waals surface area (Å²) in [6, 6.07) is 9.39. The van der Waals surface area contributed by atoms with Gasteiger partial charge in [0, 0.05) is 23.1 Å². The molecule has 0 aliphatic carbocycles. The van der Waals surface area contributed by atoms with E-state index >= 15 is 0 Å². The molecule has 0 aliphatic rings. The van der Waals surface area contributed by atoms with Gasteiger partial charge in [-0.05, 0) is 67.8 Å². The zero-order chi connectivity index (χ0) is 18.9. The predicted octanol–water partition coefficient (Wildman–Crippen LogP) is 3.45. The standard InChI is InChI=1S/C19H21FN2O3S/c1-12-10-15(25-3)5-7-19(12)26(23,24)21-9-8-16-13(2)22-18-6-4-14(20)11-17(16)18/h4-7,10-11,21-22H,8-9H2,1-3H3. The van der Waals surface area contributed by atoms with E-state index in [0.29, 0.717) is 17.7 Å². The van der Waals surface area contributed by atoms with Crippen molar-refractivity contribution in [2.45, 2.75) is 25.2 Å². The summed E-state index contributed by atoms with van der Waals surface area (Å²) in [5.41, 5.74) is 3.27. The quantitative estimate of drug-likeness (QED) is 0.692. The second-order valence-corrected chi connectivity index (χ2v) is 7.93. The van der Waals surface area contributed by atoms with Gasteiger partial charge in [0.25, 0.3) is 0 Å². The number of rotatable bonds is 6. The number of hydrogen-bond donors (Lipinski definition) is 2. The molecule has 0 amide bonds. The average Bonchev–Trinajstić information content (AvgIpc) is 2.89. The van der Waals surface area contributed by atoms with Crippen LogP contribution in [0.3, 0.4) is 0 Å². The van der Waals surface area contributed by atoms with E-state index in [0.717, 1.165) is 22.2 Å². The first kappa shape index (κ1) is 18.4. The van der Waals surface area contributed by atoms with Crippen molar-refractivity contribution in [1.29, 1.82) is 0 Å². The monoisotopic (exact) mass is 376 g/mol. The molecule has 3 aromatic rings. The highest BCUT2D eigenvalue weighted by Gasteiger charge is 2.17. The largest absolute Gasteiger partial charge is 0.497 e. The van der Waals surface area contributed by atoms with Crippen molar-refractivity contribution in [2.24, 2.45) is 0 Å². The van der Waals surface area contributed by atoms with Crippen LogP contribution >= 0.6 is 0 Å². The van der Waals surface area contributed by atoms with Gasteiger partial charge >= 0.3 is 0 Å². The van der Waals surface area contributed by atoms with Crippen LogP contribution < -0.4 is 9.46 Å². The number of aromatic nitrogens is 1. The summed E-state index contributed by atoms with van der Waals surface area (Å²) in [5.74, 6) is 0.296. The van der Waals surface area contributed by atoms with E-state index in [2.05, 4.69) is 9.71 Å². The van der Waals surface area contributed by atoms with E-state index in [1.807, 2.05) is 6.92 Å². The first-order valence-corrected chi connectivity index (χ1v) is 9.71. The number of benzene rings is 2. The van der Waals surface area contributed by atoms with Crippen LogP contribution in [0.15, 0.2) is 41.3 Å². The maximum absolute atomic E-state index is 13.5. The number of aromatic amines is 1. The van der Waals surface area contributed by atoms with Crippen molar-refractivity contribution in [2.75, 3.05) is 13.7 Å². The molecule has 0 fully saturated rings. The van der Waals surface area contributed by atoms with Crippen LogP contribution in [0.5, 0.6) is 5.75 Å². The number of ether oxygens (including phenoxy) is 1. The van der Waals surface area contributed by atoms with Gasteiger partial charge in [-0.15, -0.1) is 0 Å². The van der Waals surface area contributed by atoms with Crippen LogP contribution in [0, 0.1) is 19.7 Å². The van der Waals surface area contributed by atoms with Gasteiger partial charge in [-0.1, -0.05) is 0 Å². The minimum absolute atomic E-state index is 0.220. The molecule has 0 spiro atoms. The van der Waals surface area contributed by atoms with Crippen LogP contribution in [0.25, 0.3) is 10.9 Å². The fraction of sp³-hybridized carbons (Fsp3) is 0.263. The molecule has 0 saturated carbocycles. The molecule has 0 bridgehead atoms. The lowest BCUT2D eigenvalue weighted by Gasteiger charge is -2.11. The summed E-state index contributed by atoms with van der Waals surface area (Å²) < 4.78 is 46.4. The van der Waals surface area contributed by atoms with Gasteiger partial charge in [0.15, 0.2) is 0 Å². The van der Waals surface area contributed by atoms with Gasteiger partial charge in [0.05, 0.1) is 12.0 Å². The zero-order valence-electron chi connectivity index (χ0n) is 14.9. The predicted molar refractivity (Wildman–Crippen MR) is 99.6 cm³/mol. The molecule has 26 heavy (non-hydrogen) atoms. The first-order chi connectivity index (χ1) is 12.3. The molecule has 2 N–H and O–H groups in total. The molecule has 0 unspecified atom stereocenters. The zero-order valence-corrected chi connectivity index (χ0v) is 15.7. The molecular weight excluding hydrogens is 355 g/mol. The van der Waals surface area contributed by atoms with Gasteiger partial charge in [0.1, 0.15) is 11.6 Å². The van der Waals surface area contributed by atoms with Crippen LogP contribution in [0.4, 0.5) is 4.39 Å². The lowest BCUT2D eigenvalue weighted by molar-refractivity contribution is 0.414. The Kier molecular flexibility index (Phi) is 5.02. The van der Waals surface area contributed by atoms with Gasteiger partial charge in [-0.25, -0.2) is 17.5 Å². The molecule has 2 aromatic carbocycles. The van der Waals surface area contributed by atoms with Crippen LogP contribution in [-0.4, -0.2) is 27.1 Å². The number of methoxy groups -OCH3 is 1. The Morgan fingerprint density at radius 2 is 1.92 bits per heavy atom. The first-order valence-electron chi connectivity index (χ1n) is 8.23. The van der Waals surface area contributed by atoms with E-state index in [1.54, 1.807) is 25.1 Å². The minimum atomic E-state index is -3.63. The molecule has 1 heterocycles. The second-order valence-electron chi connectivity index (χ2n) is 6.20. The lowest BCUT2D eigenvalue weighted by Crippen LogP contribution is -2.26. The molecule has 0 aliphatic heterocycles. The van der Waals surface area contributed by atoms with E-state index in [4.69, 9.17) is 4.74 Å². The fourth-order valence-electron chi connectivity index (χ4n) is 3.12. The molecule has 138 valence electrons. The summed E-state index contributed by atoms with van der Waals surface area (Å²) >= 11 is 0. The Balaban J connectivity index is 1.77. The third-order valence-electron chi connectivity index (χ3n) is 4.42. The highest BCUT2D eigenvalue weighted by molar-refractivity contribution is 7.89. The Morgan fingerprint density at radius 1 is 1.15 bits per heavy atom. The van der Waals surface area contributed by atoms with Crippen LogP contribution in [-0.2, 0) is 16.4 Å². The van der Waals surface area contributed by atoms with Crippen molar-refractivity contribution in [3.05, 3.63) is 59.0 Å². The SMILES string of the molecule is COc1ccc(S(=O)(=O)NCCc2c(C)[nH]c3ccc(F)cc23)c(C)c1. The van der Waals surface area contributed by atoms with Gasteiger partial charge in [-0.2, -0.15) is 0 Å². The van der Waals surface area contributed by atoms with Crippen molar-refractivity contribution in [1.82, 2.24) is 9.71 Å². The van der Waals surface area contributed by atoms with Crippen molar-refractivity contribution in [3.63, 3.8) is 0 Å². The van der Waals surface area contributed by atoms with Gasteiger partial charge in [0.2, 0.25) is 10.0 Å². The number of sulfonamides is 1. The van der Waals surface area contributed by atoms with Gasteiger partial charge in [-0.3, -0.25) is 0 Å². The highest BCUT2D eigenvalue weighted by Crippen LogP contribution is 2.24. The topological polar surface area (TPSA) is 71.2 Å². The van der Waals surface area contributed by atoms with E-state index in [1.165, 1.54) is 25.3 Å². The summed E-state index contributed by atoms with van der Waals surface area (Å²) in [5, 5.41) is 0.780. The molecule has 0 radical (unpaired) electrons. The molecule has 7 heteroatoms. The molecule has 1 aromatic heterocycles. The van der Waals surface area contributed by atoms with Crippen LogP contribution in [0.1, 0.15) is 16.8 Å². The summed E-state index contributed by atoms with van der Waals surface area (Å²) in [6.07, 6.45) is 0.462. The van der Waals surface area contributed by atoms with Crippen molar-refractivity contribution >= 4 is 20.9 Å². The number of hydrogen-bond acceptors (Lipinski definition) is 3. The third kappa shape index (κ3) is 3.59. The van der Waals surface area contributed by atoms with Gasteiger partial charge < -0.3 is 9.72 Å². The summed E-state index contributed by atoms with van der Waals surface area (Å²) in [7, 11) is -2.10.